The van der Waals surface area contributed by atoms with Gasteiger partial charge in [-0.2, -0.15) is 0 Å². The van der Waals surface area contributed by atoms with Gasteiger partial charge in [0.15, 0.2) is 5.69 Å². The monoisotopic (exact) mass is 454 g/mol. The molecule has 7 heteroatoms. The fraction of sp³-hybridized carbons (Fsp3) is 0.318. The van der Waals surface area contributed by atoms with E-state index < -0.39 is 0 Å². The average molecular weight is 455 g/mol. The topological polar surface area (TPSA) is 69.0 Å². The summed E-state index contributed by atoms with van der Waals surface area (Å²) in [5.41, 5.74) is 3.90. The molecule has 1 fully saturated rings. The first kappa shape index (κ1) is 19.8. The predicted molar refractivity (Wildman–Crippen MR) is 115 cm³/mol. The Morgan fingerprint density at radius 1 is 1.24 bits per heavy atom. The molecular weight excluding hydrogens is 432 g/mol. The maximum atomic E-state index is 13.0. The first-order valence-electron chi connectivity index (χ1n) is 9.74. The lowest BCUT2D eigenvalue weighted by Gasteiger charge is -2.10. The van der Waals surface area contributed by atoms with Gasteiger partial charge in [0.25, 0.3) is 5.91 Å². The van der Waals surface area contributed by atoms with Gasteiger partial charge in [0.2, 0.25) is 0 Å². The summed E-state index contributed by atoms with van der Waals surface area (Å²) in [6, 6.07) is 15.5. The van der Waals surface area contributed by atoms with Crippen molar-refractivity contribution in [2.24, 2.45) is 0 Å². The van der Waals surface area contributed by atoms with E-state index in [-0.39, 0.29) is 12.0 Å². The Bertz CT molecular complexity index is 1010. The second-order valence-electron chi connectivity index (χ2n) is 7.50. The first-order valence-corrected chi connectivity index (χ1v) is 10.5. The molecule has 0 aliphatic heterocycles. The molecule has 3 aromatic rings. The lowest BCUT2D eigenvalue weighted by atomic mass is 10.2. The first-order chi connectivity index (χ1) is 14.0. The van der Waals surface area contributed by atoms with Crippen molar-refractivity contribution in [2.45, 2.75) is 45.3 Å². The standard InChI is InChI=1S/C22H23BrN4O2/c1-14(2)29-13-15-4-3-5-18(12-15)24-22(28)20-21(16-6-7-16)27(26-25-20)19-10-8-17(23)9-11-19/h3-5,8-12,14,16H,6-7,13H2,1-2H3,(H,24,28). The van der Waals surface area contributed by atoms with Gasteiger partial charge in [-0.25, -0.2) is 4.68 Å². The summed E-state index contributed by atoms with van der Waals surface area (Å²) >= 11 is 3.45. The molecule has 0 unspecified atom stereocenters. The second-order valence-corrected chi connectivity index (χ2v) is 8.42. The van der Waals surface area contributed by atoms with Crippen LogP contribution in [-0.2, 0) is 11.3 Å². The molecule has 1 aliphatic carbocycles. The van der Waals surface area contributed by atoms with Crippen LogP contribution in [0.1, 0.15) is 54.4 Å². The molecule has 0 bridgehead atoms. The van der Waals surface area contributed by atoms with Gasteiger partial charge in [-0.3, -0.25) is 4.79 Å². The van der Waals surface area contributed by atoms with Crippen molar-refractivity contribution in [1.82, 2.24) is 15.0 Å². The molecule has 0 atom stereocenters. The molecule has 1 aromatic heterocycles. The fourth-order valence-corrected chi connectivity index (χ4v) is 3.40. The zero-order valence-corrected chi connectivity index (χ0v) is 18.0. The number of nitrogens with one attached hydrogen (secondary N) is 1. The summed E-state index contributed by atoms with van der Waals surface area (Å²) in [5, 5.41) is 11.5. The number of amides is 1. The summed E-state index contributed by atoms with van der Waals surface area (Å²) < 4.78 is 8.43. The molecular formula is C22H23BrN4O2. The number of rotatable bonds is 7. The van der Waals surface area contributed by atoms with Crippen LogP contribution in [0.25, 0.3) is 5.69 Å². The van der Waals surface area contributed by atoms with Gasteiger partial charge < -0.3 is 10.1 Å². The summed E-state index contributed by atoms with van der Waals surface area (Å²) in [6.45, 7) is 4.51. The Hall–Kier alpha value is -2.51. The second kappa shape index (κ2) is 8.47. The summed E-state index contributed by atoms with van der Waals surface area (Å²) in [7, 11) is 0. The Morgan fingerprint density at radius 3 is 2.69 bits per heavy atom. The van der Waals surface area contributed by atoms with Crippen LogP contribution >= 0.6 is 15.9 Å². The number of halogens is 1. The van der Waals surface area contributed by atoms with Crippen molar-refractivity contribution in [1.29, 1.82) is 0 Å². The van der Waals surface area contributed by atoms with E-state index in [1.54, 1.807) is 4.68 Å². The number of carbonyl (C=O) groups is 1. The van der Waals surface area contributed by atoms with E-state index >= 15 is 0 Å². The van der Waals surface area contributed by atoms with Gasteiger partial charge in [-0.15, -0.1) is 5.10 Å². The number of aromatic nitrogens is 3. The third-order valence-electron chi connectivity index (χ3n) is 4.72. The molecule has 1 N–H and O–H groups in total. The maximum absolute atomic E-state index is 13.0. The van der Waals surface area contributed by atoms with Gasteiger partial charge in [0, 0.05) is 16.1 Å². The van der Waals surface area contributed by atoms with Gasteiger partial charge in [0.05, 0.1) is 24.1 Å². The van der Waals surface area contributed by atoms with Gasteiger partial charge >= 0.3 is 0 Å². The fourth-order valence-electron chi connectivity index (χ4n) is 3.14. The highest BCUT2D eigenvalue weighted by Gasteiger charge is 2.34. The van der Waals surface area contributed by atoms with E-state index in [9.17, 15) is 4.79 Å². The van der Waals surface area contributed by atoms with Crippen LogP contribution in [0, 0.1) is 0 Å². The highest BCUT2D eigenvalue weighted by molar-refractivity contribution is 9.10. The molecule has 150 valence electrons. The highest BCUT2D eigenvalue weighted by atomic mass is 79.9. The molecule has 29 heavy (non-hydrogen) atoms. The predicted octanol–water partition coefficient (Wildman–Crippen LogP) is 5.08. The number of nitrogens with zero attached hydrogens (tertiary/aromatic N) is 3. The van der Waals surface area contributed by atoms with E-state index in [1.807, 2.05) is 62.4 Å². The van der Waals surface area contributed by atoms with Gasteiger partial charge in [-0.1, -0.05) is 33.3 Å². The number of ether oxygens (including phenoxy) is 1. The minimum atomic E-state index is -0.239. The molecule has 6 nitrogen and oxygen atoms in total. The molecule has 0 saturated heterocycles. The quantitative estimate of drug-likeness (QED) is 0.539. The van der Waals surface area contributed by atoms with Crippen LogP contribution in [-0.4, -0.2) is 27.0 Å². The van der Waals surface area contributed by atoms with Gasteiger partial charge in [-0.05, 0) is 68.7 Å². The minimum absolute atomic E-state index is 0.156. The number of anilines is 1. The summed E-state index contributed by atoms with van der Waals surface area (Å²) in [4.78, 5) is 13.0. The molecule has 0 radical (unpaired) electrons. The number of carbonyl (C=O) groups excluding carboxylic acids is 1. The van der Waals surface area contributed by atoms with Crippen LogP contribution < -0.4 is 5.32 Å². The summed E-state index contributed by atoms with van der Waals surface area (Å²) in [5.74, 6) is 0.0809. The van der Waals surface area contributed by atoms with Crippen LogP contribution in [0.15, 0.2) is 53.0 Å². The third-order valence-corrected chi connectivity index (χ3v) is 5.25. The minimum Gasteiger partial charge on any atom is -0.374 e. The Kier molecular flexibility index (Phi) is 5.78. The van der Waals surface area contributed by atoms with E-state index in [0.717, 1.165) is 39.9 Å². The van der Waals surface area contributed by atoms with E-state index in [0.29, 0.717) is 18.2 Å². The number of hydrogen-bond donors (Lipinski definition) is 1. The normalized spacial score (nSPS) is 13.7. The van der Waals surface area contributed by atoms with Crippen molar-refractivity contribution in [2.75, 3.05) is 5.32 Å². The Balaban J connectivity index is 1.56. The van der Waals surface area contributed by atoms with Crippen molar-refractivity contribution >= 4 is 27.5 Å². The van der Waals surface area contributed by atoms with Crippen LogP contribution in [0.5, 0.6) is 0 Å². The van der Waals surface area contributed by atoms with Gasteiger partial charge in [0.1, 0.15) is 0 Å². The average Bonchev–Trinajstić information content (AvgIpc) is 3.45. The maximum Gasteiger partial charge on any atom is 0.278 e. The zero-order chi connectivity index (χ0) is 20.4. The van der Waals surface area contributed by atoms with Crippen molar-refractivity contribution in [3.8, 4) is 5.69 Å². The van der Waals surface area contributed by atoms with Crippen molar-refractivity contribution in [3.63, 3.8) is 0 Å². The molecule has 1 aliphatic rings. The van der Waals surface area contributed by atoms with Crippen LogP contribution in [0.3, 0.4) is 0 Å². The van der Waals surface area contributed by atoms with Crippen LogP contribution in [0.2, 0.25) is 0 Å². The summed E-state index contributed by atoms with van der Waals surface area (Å²) in [6.07, 6.45) is 2.25. The molecule has 2 aromatic carbocycles. The molecule has 1 amide bonds. The molecule has 1 saturated carbocycles. The Labute approximate surface area is 178 Å². The SMILES string of the molecule is CC(C)OCc1cccc(NC(=O)c2nnn(-c3ccc(Br)cc3)c2C2CC2)c1. The molecule has 1 heterocycles. The number of hydrogen-bond acceptors (Lipinski definition) is 4. The number of benzene rings is 2. The smallest absolute Gasteiger partial charge is 0.278 e. The lowest BCUT2D eigenvalue weighted by molar-refractivity contribution is 0.0657. The molecule has 0 spiro atoms. The largest absolute Gasteiger partial charge is 0.374 e. The molecule has 4 rings (SSSR count). The third kappa shape index (κ3) is 4.74. The van der Waals surface area contributed by atoms with Crippen molar-refractivity contribution in [3.05, 3.63) is 70.0 Å². The van der Waals surface area contributed by atoms with E-state index in [1.165, 1.54) is 0 Å². The zero-order valence-electron chi connectivity index (χ0n) is 16.4. The van der Waals surface area contributed by atoms with Crippen molar-refractivity contribution < 1.29 is 9.53 Å². The van der Waals surface area contributed by atoms with E-state index in [2.05, 4.69) is 31.6 Å². The Morgan fingerprint density at radius 2 is 2.00 bits per heavy atom. The van der Waals surface area contributed by atoms with E-state index in [4.69, 9.17) is 4.74 Å². The van der Waals surface area contributed by atoms with Crippen LogP contribution in [0.4, 0.5) is 5.69 Å². The lowest BCUT2D eigenvalue weighted by Crippen LogP contribution is -2.15. The highest BCUT2D eigenvalue weighted by Crippen LogP contribution is 2.42.